The molecule has 2 N–H and O–H groups in total. The van der Waals surface area contributed by atoms with E-state index in [2.05, 4.69) is 36.5 Å². The largest absolute Gasteiger partial charge is 0.416 e. The molecule has 144 valence electrons. The van der Waals surface area contributed by atoms with Crippen LogP contribution < -0.4 is 10.6 Å². The Bertz CT molecular complexity index is 1010. The van der Waals surface area contributed by atoms with Gasteiger partial charge in [0.2, 0.25) is 5.95 Å². The van der Waals surface area contributed by atoms with Crippen LogP contribution in [0.15, 0.2) is 59.3 Å². The van der Waals surface area contributed by atoms with Crippen LogP contribution in [0.25, 0.3) is 0 Å². The number of aromatic nitrogens is 2. The molecule has 0 fully saturated rings. The van der Waals surface area contributed by atoms with Gasteiger partial charge in [-0.25, -0.2) is 9.97 Å². The predicted octanol–water partition coefficient (Wildman–Crippen LogP) is 5.56. The third kappa shape index (κ3) is 4.86. The maximum atomic E-state index is 13.0. The Hall–Kier alpha value is -2.94. The number of anilines is 3. The number of nitrogens with zero attached hydrogens (tertiary/aromatic N) is 2. The van der Waals surface area contributed by atoms with Crippen molar-refractivity contribution < 1.29 is 18.0 Å². The number of halogens is 4. The summed E-state index contributed by atoms with van der Waals surface area (Å²) in [5.74, 6) is -0.173. The van der Waals surface area contributed by atoms with Gasteiger partial charge in [-0.1, -0.05) is 22.0 Å². The smallest absolute Gasteiger partial charge is 0.324 e. The van der Waals surface area contributed by atoms with Crippen molar-refractivity contribution in [1.29, 1.82) is 0 Å². The summed E-state index contributed by atoms with van der Waals surface area (Å²) in [5, 5.41) is 5.51. The number of carbonyl (C=O) groups excluding carboxylic acids is 1. The maximum Gasteiger partial charge on any atom is 0.416 e. The lowest BCUT2D eigenvalue weighted by atomic mass is 10.1. The number of aryl methyl sites for hydroxylation is 1. The van der Waals surface area contributed by atoms with Crippen molar-refractivity contribution in [3.63, 3.8) is 0 Å². The van der Waals surface area contributed by atoms with E-state index >= 15 is 0 Å². The van der Waals surface area contributed by atoms with Gasteiger partial charge < -0.3 is 10.6 Å². The molecule has 0 radical (unpaired) electrons. The molecule has 0 saturated heterocycles. The first-order valence-electron chi connectivity index (χ1n) is 8.06. The lowest BCUT2D eigenvalue weighted by Gasteiger charge is -2.13. The minimum atomic E-state index is -4.51. The molecule has 0 unspecified atom stereocenters. The van der Waals surface area contributed by atoms with Crippen molar-refractivity contribution in [2.45, 2.75) is 13.1 Å². The molecule has 1 heterocycles. The third-order valence-electron chi connectivity index (χ3n) is 3.79. The first-order valence-corrected chi connectivity index (χ1v) is 8.85. The van der Waals surface area contributed by atoms with Crippen LogP contribution in [0.3, 0.4) is 0 Å². The lowest BCUT2D eigenvalue weighted by Crippen LogP contribution is -2.14. The molecule has 0 aliphatic heterocycles. The van der Waals surface area contributed by atoms with Crippen LogP contribution >= 0.6 is 15.9 Å². The molecule has 0 aliphatic carbocycles. The summed E-state index contributed by atoms with van der Waals surface area (Å²) in [7, 11) is 0. The summed E-state index contributed by atoms with van der Waals surface area (Å²) < 4.78 is 39.1. The molecule has 0 aliphatic rings. The molecular formula is C19H14BrF3N4O. The van der Waals surface area contributed by atoms with Crippen molar-refractivity contribution in [2.24, 2.45) is 0 Å². The number of benzene rings is 2. The van der Waals surface area contributed by atoms with Crippen LogP contribution in [-0.2, 0) is 6.18 Å². The second kappa shape index (κ2) is 7.97. The molecule has 0 spiro atoms. The number of amides is 1. The number of alkyl halides is 3. The number of carbonyl (C=O) groups is 1. The summed E-state index contributed by atoms with van der Waals surface area (Å²) >= 11 is 3.03. The first-order chi connectivity index (χ1) is 13.2. The molecule has 3 aromatic rings. The minimum absolute atomic E-state index is 0.0353. The Balaban J connectivity index is 1.84. The zero-order chi connectivity index (χ0) is 20.3. The molecule has 0 bridgehead atoms. The summed E-state index contributed by atoms with van der Waals surface area (Å²) in [5.41, 5.74) is 0.922. The van der Waals surface area contributed by atoms with E-state index in [0.717, 1.165) is 17.7 Å². The zero-order valence-corrected chi connectivity index (χ0v) is 16.1. The van der Waals surface area contributed by atoms with Crippen LogP contribution in [0.2, 0.25) is 0 Å². The van der Waals surface area contributed by atoms with Gasteiger partial charge >= 0.3 is 6.18 Å². The highest BCUT2D eigenvalue weighted by Gasteiger charge is 2.31. The van der Waals surface area contributed by atoms with Gasteiger partial charge in [-0.15, -0.1) is 0 Å². The predicted molar refractivity (Wildman–Crippen MR) is 104 cm³/mol. The second-order valence-corrected chi connectivity index (χ2v) is 6.82. The van der Waals surface area contributed by atoms with E-state index in [1.54, 1.807) is 36.7 Å². The molecule has 3 rings (SSSR count). The van der Waals surface area contributed by atoms with Crippen molar-refractivity contribution in [2.75, 3.05) is 10.6 Å². The van der Waals surface area contributed by atoms with Crippen molar-refractivity contribution >= 4 is 39.2 Å². The fraction of sp³-hybridized carbons (Fsp3) is 0.105. The SMILES string of the molecule is Cc1ccc(C(=O)Nc2cc(Br)cc(C(F)(F)F)c2)cc1Nc1ncccn1. The molecular weight excluding hydrogens is 437 g/mol. The van der Waals surface area contributed by atoms with Crippen LogP contribution in [0.5, 0.6) is 0 Å². The maximum absolute atomic E-state index is 13.0. The average Bonchev–Trinajstić information content (AvgIpc) is 2.63. The molecule has 1 aromatic heterocycles. The minimum Gasteiger partial charge on any atom is -0.324 e. The number of nitrogens with one attached hydrogen (secondary N) is 2. The highest BCUT2D eigenvalue weighted by Crippen LogP contribution is 2.33. The number of hydrogen-bond acceptors (Lipinski definition) is 4. The summed E-state index contributed by atoms with van der Waals surface area (Å²) in [6.07, 6.45) is -1.36. The fourth-order valence-electron chi connectivity index (χ4n) is 2.41. The Labute approximate surface area is 167 Å². The fourth-order valence-corrected chi connectivity index (χ4v) is 2.90. The monoisotopic (exact) mass is 450 g/mol. The molecule has 9 heteroatoms. The van der Waals surface area contributed by atoms with E-state index in [4.69, 9.17) is 0 Å². The van der Waals surface area contributed by atoms with Gasteiger partial charge in [0.1, 0.15) is 0 Å². The van der Waals surface area contributed by atoms with E-state index < -0.39 is 17.6 Å². The highest BCUT2D eigenvalue weighted by atomic mass is 79.9. The second-order valence-electron chi connectivity index (χ2n) is 5.91. The zero-order valence-electron chi connectivity index (χ0n) is 14.5. The first kappa shape index (κ1) is 19.8. The quantitative estimate of drug-likeness (QED) is 0.545. The molecule has 28 heavy (non-hydrogen) atoms. The number of rotatable bonds is 4. The lowest BCUT2D eigenvalue weighted by molar-refractivity contribution is -0.137. The van der Waals surface area contributed by atoms with Gasteiger partial charge in [0, 0.05) is 33.8 Å². The summed E-state index contributed by atoms with van der Waals surface area (Å²) in [6.45, 7) is 1.84. The van der Waals surface area contributed by atoms with E-state index in [-0.39, 0.29) is 15.7 Å². The molecule has 0 saturated carbocycles. The van der Waals surface area contributed by atoms with Gasteiger partial charge in [0.05, 0.1) is 5.56 Å². The van der Waals surface area contributed by atoms with Gasteiger partial charge in [-0.3, -0.25) is 4.79 Å². The number of hydrogen-bond donors (Lipinski definition) is 2. The normalized spacial score (nSPS) is 11.2. The van der Waals surface area contributed by atoms with Crippen LogP contribution in [0, 0.1) is 6.92 Å². The van der Waals surface area contributed by atoms with Gasteiger partial charge in [0.25, 0.3) is 5.91 Å². The van der Waals surface area contributed by atoms with E-state index in [1.807, 2.05) is 6.92 Å². The van der Waals surface area contributed by atoms with Crippen molar-refractivity contribution in [3.8, 4) is 0 Å². The van der Waals surface area contributed by atoms with Crippen LogP contribution in [-0.4, -0.2) is 15.9 Å². The highest BCUT2D eigenvalue weighted by molar-refractivity contribution is 9.10. The topological polar surface area (TPSA) is 66.9 Å². The Morgan fingerprint density at radius 3 is 2.46 bits per heavy atom. The standard InChI is InChI=1S/C19H14BrF3N4O/c1-11-3-4-12(7-16(11)27-18-24-5-2-6-25-18)17(28)26-15-9-13(19(21,22)23)8-14(20)10-15/h2-10H,1H3,(H,26,28)(H,24,25,27). The van der Waals surface area contributed by atoms with Crippen molar-refractivity contribution in [1.82, 2.24) is 9.97 Å². The Morgan fingerprint density at radius 1 is 1.07 bits per heavy atom. The van der Waals surface area contributed by atoms with E-state index in [0.29, 0.717) is 11.6 Å². The van der Waals surface area contributed by atoms with Crippen LogP contribution in [0.1, 0.15) is 21.5 Å². The molecule has 1 amide bonds. The van der Waals surface area contributed by atoms with E-state index in [9.17, 15) is 18.0 Å². The van der Waals surface area contributed by atoms with Crippen LogP contribution in [0.4, 0.5) is 30.5 Å². The van der Waals surface area contributed by atoms with E-state index in [1.165, 1.54) is 6.07 Å². The van der Waals surface area contributed by atoms with Gasteiger partial charge in [-0.2, -0.15) is 13.2 Å². The van der Waals surface area contributed by atoms with Gasteiger partial charge in [-0.05, 0) is 48.9 Å². The summed E-state index contributed by atoms with van der Waals surface area (Å²) in [6, 6.07) is 9.81. The molecule has 2 aromatic carbocycles. The molecule has 5 nitrogen and oxygen atoms in total. The van der Waals surface area contributed by atoms with Gasteiger partial charge in [0.15, 0.2) is 0 Å². The Morgan fingerprint density at radius 2 is 1.79 bits per heavy atom. The molecule has 0 atom stereocenters. The van der Waals surface area contributed by atoms with Crippen molar-refractivity contribution in [3.05, 3.63) is 76.0 Å². The Kier molecular flexibility index (Phi) is 5.64. The average molecular weight is 451 g/mol. The third-order valence-corrected chi connectivity index (χ3v) is 4.25. The summed E-state index contributed by atoms with van der Waals surface area (Å²) in [4.78, 5) is 20.7.